The van der Waals surface area contributed by atoms with Crippen LogP contribution in [0.15, 0.2) is 24.3 Å². The normalized spacial score (nSPS) is 19.5. The molecule has 0 bridgehead atoms. The molecule has 0 spiro atoms. The van der Waals surface area contributed by atoms with Crippen LogP contribution in [0.4, 0.5) is 4.39 Å². The van der Waals surface area contributed by atoms with E-state index in [1.165, 1.54) is 6.07 Å². The average Bonchev–Trinajstić information content (AvgIpc) is 3.33. The van der Waals surface area contributed by atoms with E-state index in [0.717, 1.165) is 57.3 Å². The van der Waals surface area contributed by atoms with Gasteiger partial charge in [0.2, 0.25) is 5.91 Å². The Labute approximate surface area is 125 Å². The molecule has 114 valence electrons. The van der Waals surface area contributed by atoms with Gasteiger partial charge in [-0.1, -0.05) is 12.1 Å². The Balaban J connectivity index is 1.60. The van der Waals surface area contributed by atoms with Crippen LogP contribution in [0.25, 0.3) is 0 Å². The van der Waals surface area contributed by atoms with Crippen molar-refractivity contribution in [3.63, 3.8) is 0 Å². The standard InChI is InChI=1S/C17H23FN2O/c18-15-3-1-2-13(12-15)8-11-20(16-4-5-16)17(21)14-6-9-19-10-7-14/h1-3,12,14,16,19H,4-11H2. The number of carbonyl (C=O) groups excluding carboxylic acids is 1. The smallest absolute Gasteiger partial charge is 0.226 e. The Morgan fingerprint density at radius 1 is 1.24 bits per heavy atom. The Bertz CT molecular complexity index is 495. The average molecular weight is 290 g/mol. The first-order valence-electron chi connectivity index (χ1n) is 7.99. The predicted molar refractivity (Wildman–Crippen MR) is 80.4 cm³/mol. The van der Waals surface area contributed by atoms with E-state index < -0.39 is 0 Å². The lowest BCUT2D eigenvalue weighted by Crippen LogP contribution is -2.43. The molecule has 0 atom stereocenters. The van der Waals surface area contributed by atoms with Crippen molar-refractivity contribution in [1.82, 2.24) is 10.2 Å². The highest BCUT2D eigenvalue weighted by atomic mass is 19.1. The predicted octanol–water partition coefficient (Wildman–Crippen LogP) is 2.36. The van der Waals surface area contributed by atoms with E-state index in [0.29, 0.717) is 11.9 Å². The van der Waals surface area contributed by atoms with Crippen LogP contribution in [0.3, 0.4) is 0 Å². The molecule has 0 aromatic heterocycles. The maximum absolute atomic E-state index is 13.2. The van der Waals surface area contributed by atoms with Gasteiger partial charge in [-0.25, -0.2) is 4.39 Å². The summed E-state index contributed by atoms with van der Waals surface area (Å²) in [5, 5.41) is 3.31. The van der Waals surface area contributed by atoms with Gasteiger partial charge in [0.25, 0.3) is 0 Å². The summed E-state index contributed by atoms with van der Waals surface area (Å²) in [5.74, 6) is 0.296. The second-order valence-corrected chi connectivity index (χ2v) is 6.17. The monoisotopic (exact) mass is 290 g/mol. The maximum Gasteiger partial charge on any atom is 0.226 e. The Morgan fingerprint density at radius 3 is 2.67 bits per heavy atom. The van der Waals surface area contributed by atoms with E-state index in [2.05, 4.69) is 10.2 Å². The summed E-state index contributed by atoms with van der Waals surface area (Å²) in [5.41, 5.74) is 0.971. The van der Waals surface area contributed by atoms with Crippen LogP contribution in [-0.2, 0) is 11.2 Å². The number of rotatable bonds is 5. The molecule has 2 fully saturated rings. The Kier molecular flexibility index (Phi) is 4.54. The fourth-order valence-electron chi connectivity index (χ4n) is 3.10. The lowest BCUT2D eigenvalue weighted by molar-refractivity contribution is -0.136. The zero-order valence-corrected chi connectivity index (χ0v) is 12.4. The molecular formula is C17H23FN2O. The highest BCUT2D eigenvalue weighted by Crippen LogP contribution is 2.30. The summed E-state index contributed by atoms with van der Waals surface area (Å²) in [4.78, 5) is 14.7. The molecule has 0 unspecified atom stereocenters. The summed E-state index contributed by atoms with van der Waals surface area (Å²) >= 11 is 0. The highest BCUT2D eigenvalue weighted by molar-refractivity contribution is 5.79. The first-order valence-corrected chi connectivity index (χ1v) is 7.99. The van der Waals surface area contributed by atoms with E-state index in [9.17, 15) is 9.18 Å². The largest absolute Gasteiger partial charge is 0.339 e. The minimum Gasteiger partial charge on any atom is -0.339 e. The van der Waals surface area contributed by atoms with Crippen LogP contribution in [-0.4, -0.2) is 36.5 Å². The topological polar surface area (TPSA) is 32.3 Å². The van der Waals surface area contributed by atoms with E-state index in [1.54, 1.807) is 12.1 Å². The van der Waals surface area contributed by atoms with Crippen molar-refractivity contribution in [2.75, 3.05) is 19.6 Å². The molecule has 3 nitrogen and oxygen atoms in total. The van der Waals surface area contributed by atoms with Crippen molar-refractivity contribution < 1.29 is 9.18 Å². The van der Waals surface area contributed by atoms with E-state index in [4.69, 9.17) is 0 Å². The van der Waals surface area contributed by atoms with Crippen molar-refractivity contribution in [3.05, 3.63) is 35.6 Å². The third kappa shape index (κ3) is 3.82. The molecule has 1 saturated carbocycles. The number of nitrogens with zero attached hydrogens (tertiary/aromatic N) is 1. The molecule has 1 aliphatic carbocycles. The van der Waals surface area contributed by atoms with E-state index >= 15 is 0 Å². The molecule has 1 N–H and O–H groups in total. The number of halogens is 1. The van der Waals surface area contributed by atoms with Gasteiger partial charge in [-0.2, -0.15) is 0 Å². The zero-order valence-electron chi connectivity index (χ0n) is 12.4. The molecule has 1 heterocycles. The summed E-state index contributed by atoms with van der Waals surface area (Å²) < 4.78 is 13.2. The Morgan fingerprint density at radius 2 is 2.00 bits per heavy atom. The number of benzene rings is 1. The molecular weight excluding hydrogens is 267 g/mol. The van der Waals surface area contributed by atoms with Gasteiger partial charge in [0.05, 0.1) is 0 Å². The molecule has 0 radical (unpaired) electrons. The van der Waals surface area contributed by atoms with Gasteiger partial charge in [-0.3, -0.25) is 4.79 Å². The number of nitrogens with one attached hydrogen (secondary N) is 1. The SMILES string of the molecule is O=C(C1CCNCC1)N(CCc1cccc(F)c1)C1CC1. The van der Waals surface area contributed by atoms with Gasteiger partial charge < -0.3 is 10.2 Å². The maximum atomic E-state index is 13.2. The molecule has 1 saturated heterocycles. The van der Waals surface area contributed by atoms with Crippen LogP contribution < -0.4 is 5.32 Å². The second-order valence-electron chi connectivity index (χ2n) is 6.17. The Hall–Kier alpha value is -1.42. The van der Waals surface area contributed by atoms with E-state index in [1.807, 2.05) is 6.07 Å². The first-order chi connectivity index (χ1) is 10.2. The van der Waals surface area contributed by atoms with Crippen LogP contribution in [0.5, 0.6) is 0 Å². The molecule has 1 aliphatic heterocycles. The molecule has 21 heavy (non-hydrogen) atoms. The van der Waals surface area contributed by atoms with Crippen molar-refractivity contribution in [1.29, 1.82) is 0 Å². The number of piperidine rings is 1. The van der Waals surface area contributed by atoms with Crippen LogP contribution in [0.1, 0.15) is 31.2 Å². The summed E-state index contributed by atoms with van der Waals surface area (Å²) in [6, 6.07) is 7.13. The number of carbonyl (C=O) groups is 1. The van der Waals surface area contributed by atoms with Crippen molar-refractivity contribution in [2.45, 2.75) is 38.1 Å². The van der Waals surface area contributed by atoms with Gasteiger partial charge in [0.15, 0.2) is 0 Å². The number of hydrogen-bond donors (Lipinski definition) is 1. The molecule has 1 aromatic carbocycles. The fraction of sp³-hybridized carbons (Fsp3) is 0.588. The van der Waals surface area contributed by atoms with Gasteiger partial charge in [-0.05, 0) is 62.9 Å². The van der Waals surface area contributed by atoms with Crippen LogP contribution in [0, 0.1) is 11.7 Å². The van der Waals surface area contributed by atoms with Crippen molar-refractivity contribution >= 4 is 5.91 Å². The van der Waals surface area contributed by atoms with Gasteiger partial charge in [0.1, 0.15) is 5.82 Å². The van der Waals surface area contributed by atoms with Gasteiger partial charge in [-0.15, -0.1) is 0 Å². The zero-order chi connectivity index (χ0) is 14.7. The first kappa shape index (κ1) is 14.5. The number of amides is 1. The summed E-state index contributed by atoms with van der Waals surface area (Å²) in [6.45, 7) is 2.61. The molecule has 2 aliphatic rings. The van der Waals surface area contributed by atoms with Gasteiger partial charge >= 0.3 is 0 Å². The third-order valence-electron chi connectivity index (χ3n) is 4.49. The van der Waals surface area contributed by atoms with Gasteiger partial charge in [0, 0.05) is 18.5 Å². The molecule has 1 amide bonds. The molecule has 4 heteroatoms. The lowest BCUT2D eigenvalue weighted by Gasteiger charge is -2.30. The summed E-state index contributed by atoms with van der Waals surface area (Å²) in [7, 11) is 0. The second kappa shape index (κ2) is 6.56. The van der Waals surface area contributed by atoms with Crippen molar-refractivity contribution in [2.24, 2.45) is 5.92 Å². The summed E-state index contributed by atoms with van der Waals surface area (Å²) in [6.07, 6.45) is 4.88. The molecule has 1 aromatic rings. The minimum atomic E-state index is -0.199. The number of hydrogen-bond acceptors (Lipinski definition) is 2. The minimum absolute atomic E-state index is 0.180. The lowest BCUT2D eigenvalue weighted by atomic mass is 9.96. The van der Waals surface area contributed by atoms with Crippen molar-refractivity contribution in [3.8, 4) is 0 Å². The molecule has 3 rings (SSSR count). The third-order valence-corrected chi connectivity index (χ3v) is 4.49. The van der Waals surface area contributed by atoms with Crippen LogP contribution >= 0.6 is 0 Å². The van der Waals surface area contributed by atoms with Crippen LogP contribution in [0.2, 0.25) is 0 Å². The van der Waals surface area contributed by atoms with E-state index in [-0.39, 0.29) is 11.7 Å². The fourth-order valence-corrected chi connectivity index (χ4v) is 3.10. The highest BCUT2D eigenvalue weighted by Gasteiger charge is 2.35. The quantitative estimate of drug-likeness (QED) is 0.903.